The van der Waals surface area contributed by atoms with Crippen LogP contribution in [-0.4, -0.2) is 33.2 Å². The van der Waals surface area contributed by atoms with E-state index in [2.05, 4.69) is 15.6 Å². The predicted octanol–water partition coefficient (Wildman–Crippen LogP) is 1.11. The van der Waals surface area contributed by atoms with Gasteiger partial charge in [-0.25, -0.2) is 9.78 Å². The van der Waals surface area contributed by atoms with Gasteiger partial charge in [-0.2, -0.15) is 0 Å². The number of amides is 2. The molecule has 0 saturated carbocycles. The van der Waals surface area contributed by atoms with Gasteiger partial charge < -0.3 is 20.3 Å². The highest BCUT2D eigenvalue weighted by Crippen LogP contribution is 2.25. The topological polar surface area (TPSA) is 96.3 Å². The van der Waals surface area contributed by atoms with Gasteiger partial charge in [-0.05, 0) is 12.8 Å². The number of aliphatic carboxylic acids is 1. The Morgan fingerprint density at radius 2 is 2.00 bits per heavy atom. The molecule has 0 radical (unpaired) electrons. The molecule has 0 aromatic carbocycles. The first kappa shape index (κ1) is 16.0. The second-order valence-electron chi connectivity index (χ2n) is 4.78. The molecule has 0 aliphatic carbocycles. The van der Waals surface area contributed by atoms with Crippen molar-refractivity contribution in [2.24, 2.45) is 12.5 Å². The zero-order chi connectivity index (χ0) is 15.2. The van der Waals surface area contributed by atoms with Crippen LogP contribution in [-0.2, 0) is 18.4 Å². The monoisotopic (exact) mass is 282 g/mol. The smallest absolute Gasteiger partial charge is 0.315 e. The van der Waals surface area contributed by atoms with Crippen molar-refractivity contribution in [3.05, 3.63) is 18.2 Å². The highest BCUT2D eigenvalue weighted by atomic mass is 16.4. The molecule has 7 nitrogen and oxygen atoms in total. The minimum absolute atomic E-state index is 0.113. The molecule has 2 amide bonds. The number of aromatic nitrogens is 2. The molecular formula is C13H22N4O3. The molecule has 1 heterocycles. The van der Waals surface area contributed by atoms with Crippen molar-refractivity contribution < 1.29 is 14.7 Å². The second-order valence-corrected chi connectivity index (χ2v) is 4.78. The number of carboxylic acid groups (broad SMARTS) is 1. The number of nitrogens with one attached hydrogen (secondary N) is 2. The number of carboxylic acids is 1. The molecule has 0 aliphatic rings. The summed E-state index contributed by atoms with van der Waals surface area (Å²) in [6.45, 7) is 4.03. The fourth-order valence-electron chi connectivity index (χ4n) is 1.92. The first-order valence-corrected chi connectivity index (χ1v) is 6.66. The van der Waals surface area contributed by atoms with E-state index in [1.807, 2.05) is 20.9 Å². The van der Waals surface area contributed by atoms with Crippen LogP contribution < -0.4 is 10.6 Å². The normalized spacial score (nSPS) is 11.2. The summed E-state index contributed by atoms with van der Waals surface area (Å²) < 4.78 is 1.81. The third-order valence-electron chi connectivity index (χ3n) is 3.72. The van der Waals surface area contributed by atoms with Crippen LogP contribution in [0, 0.1) is 5.41 Å². The van der Waals surface area contributed by atoms with Crippen molar-refractivity contribution in [1.29, 1.82) is 0 Å². The SMILES string of the molecule is CCC(CC)(CNC(=O)NCc1nccn1C)C(=O)O. The minimum Gasteiger partial charge on any atom is -0.481 e. The van der Waals surface area contributed by atoms with Gasteiger partial charge in [-0.3, -0.25) is 4.79 Å². The Kier molecular flexibility index (Phi) is 5.54. The zero-order valence-electron chi connectivity index (χ0n) is 12.1. The quantitative estimate of drug-likeness (QED) is 0.698. The van der Waals surface area contributed by atoms with Gasteiger partial charge in [-0.15, -0.1) is 0 Å². The Morgan fingerprint density at radius 1 is 1.35 bits per heavy atom. The molecule has 0 fully saturated rings. The Balaban J connectivity index is 2.46. The maximum Gasteiger partial charge on any atom is 0.315 e. The van der Waals surface area contributed by atoms with Gasteiger partial charge in [0.25, 0.3) is 0 Å². The number of aryl methyl sites for hydroxylation is 1. The summed E-state index contributed by atoms with van der Waals surface area (Å²) in [5.74, 6) is -0.150. The third kappa shape index (κ3) is 3.72. The Hall–Kier alpha value is -2.05. The van der Waals surface area contributed by atoms with Crippen LogP contribution in [0.1, 0.15) is 32.5 Å². The summed E-state index contributed by atoms with van der Waals surface area (Å²) in [7, 11) is 1.84. The summed E-state index contributed by atoms with van der Waals surface area (Å²) in [6, 6.07) is -0.388. The van der Waals surface area contributed by atoms with E-state index in [9.17, 15) is 14.7 Å². The average Bonchev–Trinajstić information content (AvgIpc) is 2.83. The molecule has 0 unspecified atom stereocenters. The van der Waals surface area contributed by atoms with Crippen molar-refractivity contribution >= 4 is 12.0 Å². The summed E-state index contributed by atoms with van der Waals surface area (Å²) in [6.07, 6.45) is 4.38. The highest BCUT2D eigenvalue weighted by molar-refractivity contribution is 5.78. The Morgan fingerprint density at radius 3 is 2.45 bits per heavy atom. The van der Waals surface area contributed by atoms with Gasteiger partial charge in [0.2, 0.25) is 0 Å². The van der Waals surface area contributed by atoms with Crippen molar-refractivity contribution in [2.75, 3.05) is 6.54 Å². The maximum absolute atomic E-state index is 11.7. The van der Waals surface area contributed by atoms with Gasteiger partial charge >= 0.3 is 12.0 Å². The van der Waals surface area contributed by atoms with Crippen LogP contribution in [0.4, 0.5) is 4.79 Å². The van der Waals surface area contributed by atoms with E-state index in [0.717, 1.165) is 5.82 Å². The van der Waals surface area contributed by atoms with Crippen LogP contribution in [0.25, 0.3) is 0 Å². The van der Waals surface area contributed by atoms with E-state index in [-0.39, 0.29) is 12.6 Å². The van der Waals surface area contributed by atoms with Gasteiger partial charge in [0.15, 0.2) is 0 Å². The van der Waals surface area contributed by atoms with E-state index < -0.39 is 11.4 Å². The number of hydrogen-bond acceptors (Lipinski definition) is 3. The molecule has 3 N–H and O–H groups in total. The lowest BCUT2D eigenvalue weighted by Gasteiger charge is -2.26. The van der Waals surface area contributed by atoms with Crippen LogP contribution in [0.5, 0.6) is 0 Å². The lowest BCUT2D eigenvalue weighted by atomic mass is 9.82. The fourth-order valence-corrected chi connectivity index (χ4v) is 1.92. The van der Waals surface area contributed by atoms with E-state index in [1.54, 1.807) is 17.0 Å². The fraction of sp³-hybridized carbons (Fsp3) is 0.615. The van der Waals surface area contributed by atoms with Gasteiger partial charge in [0.1, 0.15) is 5.82 Å². The van der Waals surface area contributed by atoms with Crippen molar-refractivity contribution in [1.82, 2.24) is 20.2 Å². The van der Waals surface area contributed by atoms with Gasteiger partial charge in [-0.1, -0.05) is 13.8 Å². The number of carbonyl (C=O) groups excluding carboxylic acids is 1. The molecule has 1 aromatic heterocycles. The minimum atomic E-state index is -0.902. The summed E-state index contributed by atoms with van der Waals surface area (Å²) in [4.78, 5) is 27.1. The standard InChI is InChI=1S/C13H22N4O3/c1-4-13(5-2,11(18)19)9-16-12(20)15-8-10-14-6-7-17(10)3/h6-7H,4-5,8-9H2,1-3H3,(H,18,19)(H2,15,16,20). The summed E-state index contributed by atoms with van der Waals surface area (Å²) >= 11 is 0. The van der Waals surface area contributed by atoms with Crippen LogP contribution in [0.3, 0.4) is 0 Å². The first-order chi connectivity index (χ1) is 9.45. The molecule has 0 saturated heterocycles. The molecule has 1 aromatic rings. The molecule has 20 heavy (non-hydrogen) atoms. The molecule has 0 atom stereocenters. The van der Waals surface area contributed by atoms with Crippen LogP contribution in [0.15, 0.2) is 12.4 Å². The number of rotatable bonds is 7. The molecule has 0 spiro atoms. The summed E-state index contributed by atoms with van der Waals surface area (Å²) in [5, 5.41) is 14.5. The largest absolute Gasteiger partial charge is 0.481 e. The van der Waals surface area contributed by atoms with Crippen molar-refractivity contribution in [3.8, 4) is 0 Å². The highest BCUT2D eigenvalue weighted by Gasteiger charge is 2.35. The van der Waals surface area contributed by atoms with Crippen molar-refractivity contribution in [3.63, 3.8) is 0 Å². The Labute approximate surface area is 118 Å². The lowest BCUT2D eigenvalue weighted by molar-refractivity contribution is -0.149. The third-order valence-corrected chi connectivity index (χ3v) is 3.72. The Bertz CT molecular complexity index is 466. The summed E-state index contributed by atoms with van der Waals surface area (Å²) in [5.41, 5.74) is -0.902. The number of carbonyl (C=O) groups is 2. The molecular weight excluding hydrogens is 260 g/mol. The molecule has 0 bridgehead atoms. The number of imidazole rings is 1. The molecule has 0 aliphatic heterocycles. The second kappa shape index (κ2) is 6.93. The zero-order valence-corrected chi connectivity index (χ0v) is 12.1. The maximum atomic E-state index is 11.7. The van der Waals surface area contributed by atoms with E-state index in [4.69, 9.17) is 0 Å². The van der Waals surface area contributed by atoms with E-state index in [1.165, 1.54) is 0 Å². The molecule has 112 valence electrons. The van der Waals surface area contributed by atoms with E-state index in [0.29, 0.717) is 19.4 Å². The van der Waals surface area contributed by atoms with Gasteiger partial charge in [0, 0.05) is 26.0 Å². The average molecular weight is 282 g/mol. The van der Waals surface area contributed by atoms with Crippen LogP contribution >= 0.6 is 0 Å². The number of nitrogens with zero attached hydrogens (tertiary/aromatic N) is 2. The predicted molar refractivity (Wildman–Crippen MR) is 74.1 cm³/mol. The number of urea groups is 1. The van der Waals surface area contributed by atoms with Crippen LogP contribution in [0.2, 0.25) is 0 Å². The number of hydrogen-bond donors (Lipinski definition) is 3. The first-order valence-electron chi connectivity index (χ1n) is 6.66. The molecule has 7 heteroatoms. The lowest BCUT2D eigenvalue weighted by Crippen LogP contribution is -2.45. The van der Waals surface area contributed by atoms with E-state index >= 15 is 0 Å². The van der Waals surface area contributed by atoms with Gasteiger partial charge in [0.05, 0.1) is 12.0 Å². The molecule has 1 rings (SSSR count). The van der Waals surface area contributed by atoms with Crippen molar-refractivity contribution in [2.45, 2.75) is 33.2 Å².